The van der Waals surface area contributed by atoms with Gasteiger partial charge in [0.25, 0.3) is 0 Å². The number of ether oxygens (including phenoxy) is 2. The summed E-state index contributed by atoms with van der Waals surface area (Å²) < 4.78 is 17.7. The highest BCUT2D eigenvalue weighted by molar-refractivity contribution is 6.10. The number of aromatic nitrogens is 2. The summed E-state index contributed by atoms with van der Waals surface area (Å²) in [7, 11) is 0. The second-order valence-electron chi connectivity index (χ2n) is 16.5. The molecule has 2 heterocycles. The van der Waals surface area contributed by atoms with Crippen molar-refractivity contribution in [3.63, 3.8) is 0 Å². The lowest BCUT2D eigenvalue weighted by molar-refractivity contribution is 0.161. The minimum atomic E-state index is -0.143. The second-order valence-corrected chi connectivity index (χ2v) is 16.5. The van der Waals surface area contributed by atoms with E-state index >= 15 is 0 Å². The molecule has 0 fully saturated rings. The van der Waals surface area contributed by atoms with E-state index in [1.807, 2.05) is 97.1 Å². The van der Waals surface area contributed by atoms with E-state index in [0.29, 0.717) is 11.5 Å². The molecule has 2 atom stereocenters. The van der Waals surface area contributed by atoms with Gasteiger partial charge in [0, 0.05) is 43.8 Å². The molecule has 0 amide bonds. The van der Waals surface area contributed by atoms with Crippen LogP contribution < -0.4 is 9.47 Å². The zero-order valence-corrected chi connectivity index (χ0v) is 35.3. The van der Waals surface area contributed by atoms with Gasteiger partial charge in [-0.1, -0.05) is 109 Å². The molecule has 0 radical (unpaired) electrons. The highest BCUT2D eigenvalue weighted by atomic mass is 16.5. The maximum atomic E-state index is 12.1. The molecule has 6 heteroatoms. The average molecular weight is 813 g/mol. The fourth-order valence-corrected chi connectivity index (χ4v) is 9.24. The molecule has 2 aromatic heterocycles. The first-order valence-corrected chi connectivity index (χ1v) is 21.4. The van der Waals surface area contributed by atoms with Gasteiger partial charge in [-0.25, -0.2) is 0 Å². The van der Waals surface area contributed by atoms with Gasteiger partial charge in [0.15, 0.2) is 0 Å². The quantitative estimate of drug-likeness (QED) is 0.136. The number of aromatic hydroxyl groups is 2. The van der Waals surface area contributed by atoms with Crippen molar-refractivity contribution in [2.75, 3.05) is 0 Å². The molecule has 0 aliphatic carbocycles. The molecule has 0 aliphatic heterocycles. The lowest BCUT2D eigenvalue weighted by Gasteiger charge is -2.22. The third-order valence-corrected chi connectivity index (χ3v) is 12.1. The summed E-state index contributed by atoms with van der Waals surface area (Å²) in [4.78, 5) is 0. The highest BCUT2D eigenvalue weighted by Crippen LogP contribution is 2.45. The lowest BCUT2D eigenvalue weighted by atomic mass is 9.99. The average Bonchev–Trinajstić information content (AvgIpc) is 3.80. The molecular formula is C56H48N2O4. The predicted octanol–water partition coefficient (Wildman–Crippen LogP) is 14.3. The first-order chi connectivity index (χ1) is 30.2. The Morgan fingerprint density at radius 1 is 0.403 bits per heavy atom. The van der Waals surface area contributed by atoms with Crippen LogP contribution in [-0.4, -0.2) is 31.6 Å². The Labute approximate surface area is 361 Å². The van der Waals surface area contributed by atoms with Crippen molar-refractivity contribution in [3.8, 4) is 56.6 Å². The van der Waals surface area contributed by atoms with Crippen molar-refractivity contribution >= 4 is 43.6 Å². The SMILES string of the molecule is Cc1cc(-c2ccccc2OC(C)CCC(C)Oc2ccccc2-c2cc(C)cc(-n3c4ccccc4c4ccccc43)c2O)c(O)c(-n2c3ccccc3c3ccccc32)c1. The summed E-state index contributed by atoms with van der Waals surface area (Å²) in [5.41, 5.74) is 10.8. The number of phenols is 2. The molecule has 0 spiro atoms. The number of fused-ring (bicyclic) bond motifs is 6. The normalized spacial score (nSPS) is 12.6. The molecule has 0 aliphatic rings. The van der Waals surface area contributed by atoms with Crippen LogP contribution in [0.25, 0.3) is 77.2 Å². The third kappa shape index (κ3) is 6.78. The van der Waals surface area contributed by atoms with Crippen molar-refractivity contribution in [2.45, 2.75) is 52.7 Å². The summed E-state index contributed by atoms with van der Waals surface area (Å²) in [6.45, 7) is 8.30. The van der Waals surface area contributed by atoms with Crippen molar-refractivity contribution in [3.05, 3.63) is 181 Å². The van der Waals surface area contributed by atoms with E-state index < -0.39 is 0 Å². The molecule has 10 aromatic rings. The molecule has 6 nitrogen and oxygen atoms in total. The zero-order chi connectivity index (χ0) is 42.5. The van der Waals surface area contributed by atoms with Crippen LogP contribution in [0.4, 0.5) is 0 Å². The van der Waals surface area contributed by atoms with E-state index in [2.05, 4.69) is 110 Å². The van der Waals surface area contributed by atoms with Crippen molar-refractivity contribution in [1.29, 1.82) is 0 Å². The van der Waals surface area contributed by atoms with E-state index in [0.717, 1.165) is 101 Å². The van der Waals surface area contributed by atoms with Crippen LogP contribution in [-0.2, 0) is 0 Å². The lowest BCUT2D eigenvalue weighted by Crippen LogP contribution is -2.18. The smallest absolute Gasteiger partial charge is 0.147 e. The molecule has 0 bridgehead atoms. The first kappa shape index (κ1) is 38.7. The number of phenolic OH excluding ortho intramolecular Hbond substituents is 2. The van der Waals surface area contributed by atoms with Crippen LogP contribution in [0.2, 0.25) is 0 Å². The van der Waals surface area contributed by atoms with Crippen LogP contribution in [0.15, 0.2) is 170 Å². The first-order valence-electron chi connectivity index (χ1n) is 21.4. The van der Waals surface area contributed by atoms with Gasteiger partial charge < -0.3 is 28.8 Å². The van der Waals surface area contributed by atoms with E-state index in [1.54, 1.807) is 0 Å². The number of hydrogen-bond donors (Lipinski definition) is 2. The van der Waals surface area contributed by atoms with Gasteiger partial charge in [0.1, 0.15) is 23.0 Å². The summed E-state index contributed by atoms with van der Waals surface area (Å²) in [6, 6.07) is 57.4. The van der Waals surface area contributed by atoms with Crippen molar-refractivity contribution < 1.29 is 19.7 Å². The number of para-hydroxylation sites is 6. The fourth-order valence-electron chi connectivity index (χ4n) is 9.24. The molecule has 8 aromatic carbocycles. The Morgan fingerprint density at radius 3 is 1.06 bits per heavy atom. The molecule has 2 N–H and O–H groups in total. The van der Waals surface area contributed by atoms with Crippen molar-refractivity contribution in [2.24, 2.45) is 0 Å². The van der Waals surface area contributed by atoms with Crippen LogP contribution >= 0.6 is 0 Å². The Kier molecular flexibility index (Phi) is 9.92. The van der Waals surface area contributed by atoms with E-state index in [9.17, 15) is 10.2 Å². The van der Waals surface area contributed by atoms with Gasteiger partial charge in [0.2, 0.25) is 0 Å². The fraction of sp³-hybridized carbons (Fsp3) is 0.143. The number of rotatable bonds is 11. The molecule has 10 rings (SSSR count). The summed E-state index contributed by atoms with van der Waals surface area (Å²) in [5.74, 6) is 1.82. The highest BCUT2D eigenvalue weighted by Gasteiger charge is 2.23. The third-order valence-electron chi connectivity index (χ3n) is 12.1. The molecule has 2 unspecified atom stereocenters. The summed E-state index contributed by atoms with van der Waals surface area (Å²) >= 11 is 0. The van der Waals surface area contributed by atoms with E-state index in [1.165, 1.54) is 0 Å². The Balaban J connectivity index is 0.896. The van der Waals surface area contributed by atoms with E-state index in [-0.39, 0.29) is 23.7 Å². The summed E-state index contributed by atoms with van der Waals surface area (Å²) in [5, 5.41) is 28.8. The van der Waals surface area contributed by atoms with Crippen LogP contribution in [0.3, 0.4) is 0 Å². The molecule has 306 valence electrons. The standard InChI is InChI=1S/C56H48N2O4/c1-35-31-45(55(59)51(33-35)57-47-23-11-5-17-39(47)40-18-6-12-24-48(40)57)43-21-9-15-27-53(43)61-37(3)29-30-38(4)62-54-28-16-10-22-44(54)46-32-36(2)34-52(56(46)60)58-49-25-13-7-19-41(49)42-20-8-14-26-50(42)58/h5-28,31-34,37-38,59-60H,29-30H2,1-4H3. The number of nitrogens with zero attached hydrogens (tertiary/aromatic N) is 2. The summed E-state index contributed by atoms with van der Waals surface area (Å²) in [6.07, 6.45) is 1.18. The Morgan fingerprint density at radius 2 is 0.710 bits per heavy atom. The van der Waals surface area contributed by atoms with Crippen LogP contribution in [0.5, 0.6) is 23.0 Å². The van der Waals surface area contributed by atoms with Gasteiger partial charge in [-0.3, -0.25) is 0 Å². The molecule has 62 heavy (non-hydrogen) atoms. The minimum absolute atomic E-state index is 0.143. The zero-order valence-electron chi connectivity index (χ0n) is 35.3. The van der Waals surface area contributed by atoms with Gasteiger partial charge in [-0.05, 0) is 112 Å². The molecule has 0 saturated carbocycles. The van der Waals surface area contributed by atoms with Gasteiger partial charge in [-0.15, -0.1) is 0 Å². The number of aryl methyl sites for hydroxylation is 2. The van der Waals surface area contributed by atoms with Gasteiger partial charge in [0.05, 0.1) is 45.6 Å². The van der Waals surface area contributed by atoms with Crippen LogP contribution in [0, 0.1) is 13.8 Å². The minimum Gasteiger partial charge on any atom is -0.505 e. The largest absolute Gasteiger partial charge is 0.505 e. The van der Waals surface area contributed by atoms with E-state index in [4.69, 9.17) is 9.47 Å². The maximum Gasteiger partial charge on any atom is 0.147 e. The molecular weight excluding hydrogens is 765 g/mol. The van der Waals surface area contributed by atoms with Crippen molar-refractivity contribution in [1.82, 2.24) is 9.13 Å². The Hall–Kier alpha value is -7.44. The molecule has 0 saturated heterocycles. The maximum absolute atomic E-state index is 12.1. The topological polar surface area (TPSA) is 68.8 Å². The predicted molar refractivity (Wildman–Crippen MR) is 255 cm³/mol. The van der Waals surface area contributed by atoms with Crippen LogP contribution in [0.1, 0.15) is 37.8 Å². The Bertz CT molecular complexity index is 2970. The van der Waals surface area contributed by atoms with Gasteiger partial charge in [-0.2, -0.15) is 0 Å². The second kappa shape index (κ2) is 15.9. The number of benzene rings is 8. The van der Waals surface area contributed by atoms with Gasteiger partial charge >= 0.3 is 0 Å². The monoisotopic (exact) mass is 812 g/mol. The number of hydrogen-bond acceptors (Lipinski definition) is 4.